The fourth-order valence-corrected chi connectivity index (χ4v) is 3.50. The van der Waals surface area contributed by atoms with Crippen LogP contribution < -0.4 is 5.32 Å². The summed E-state index contributed by atoms with van der Waals surface area (Å²) in [7, 11) is 0. The van der Waals surface area contributed by atoms with Gasteiger partial charge >= 0.3 is 0 Å². The third-order valence-electron chi connectivity index (χ3n) is 4.66. The Morgan fingerprint density at radius 1 is 1.28 bits per heavy atom. The van der Waals surface area contributed by atoms with E-state index in [9.17, 15) is 0 Å². The second-order valence-electron chi connectivity index (χ2n) is 5.74. The fraction of sp³-hybridized carbons (Fsp3) is 0.625. The summed E-state index contributed by atoms with van der Waals surface area (Å²) in [5, 5.41) is 3.56. The molecular weight excluding hydrogens is 220 g/mol. The van der Waals surface area contributed by atoms with Gasteiger partial charge < -0.3 is 5.32 Å². The van der Waals surface area contributed by atoms with Crippen LogP contribution in [0.5, 0.6) is 0 Å². The van der Waals surface area contributed by atoms with E-state index in [0.717, 1.165) is 19.0 Å². The standard InChI is InChI=1S/C16H24N2/c1-2-13-8-10-18(12-13)16-7-9-17-11-14-5-3-4-6-15(14)16/h3-6,13,16-17H,2,7-12H2,1H3. The van der Waals surface area contributed by atoms with Crippen molar-refractivity contribution in [2.24, 2.45) is 5.92 Å². The molecule has 2 heteroatoms. The average Bonchev–Trinajstić information content (AvgIpc) is 2.78. The van der Waals surface area contributed by atoms with Gasteiger partial charge in [0.05, 0.1) is 0 Å². The van der Waals surface area contributed by atoms with Gasteiger partial charge in [-0.1, -0.05) is 37.6 Å². The summed E-state index contributed by atoms with van der Waals surface area (Å²) in [5.41, 5.74) is 3.07. The van der Waals surface area contributed by atoms with E-state index in [-0.39, 0.29) is 0 Å². The van der Waals surface area contributed by atoms with Crippen molar-refractivity contribution in [3.8, 4) is 0 Å². The van der Waals surface area contributed by atoms with Crippen molar-refractivity contribution in [3.63, 3.8) is 0 Å². The van der Waals surface area contributed by atoms with Crippen LogP contribution in [-0.2, 0) is 6.54 Å². The second kappa shape index (κ2) is 5.41. The molecule has 1 aromatic carbocycles. The average molecular weight is 244 g/mol. The van der Waals surface area contributed by atoms with Crippen LogP contribution in [0.15, 0.2) is 24.3 Å². The lowest BCUT2D eigenvalue weighted by Gasteiger charge is -2.28. The zero-order valence-corrected chi connectivity index (χ0v) is 11.4. The lowest BCUT2D eigenvalue weighted by Crippen LogP contribution is -2.27. The molecule has 0 saturated carbocycles. The zero-order valence-electron chi connectivity index (χ0n) is 11.4. The SMILES string of the molecule is CCC1CCN(C2CCNCc3ccccc32)C1. The number of nitrogens with one attached hydrogen (secondary N) is 1. The molecule has 0 aromatic heterocycles. The summed E-state index contributed by atoms with van der Waals surface area (Å²) in [6.07, 6.45) is 3.99. The van der Waals surface area contributed by atoms with E-state index in [4.69, 9.17) is 0 Å². The summed E-state index contributed by atoms with van der Waals surface area (Å²) in [6.45, 7) is 7.11. The smallest absolute Gasteiger partial charge is 0.0363 e. The molecule has 0 spiro atoms. The molecule has 2 atom stereocenters. The van der Waals surface area contributed by atoms with Crippen LogP contribution in [0.25, 0.3) is 0 Å². The Kier molecular flexibility index (Phi) is 3.67. The van der Waals surface area contributed by atoms with Crippen molar-refractivity contribution in [2.75, 3.05) is 19.6 Å². The largest absolute Gasteiger partial charge is 0.313 e. The van der Waals surface area contributed by atoms with Crippen LogP contribution in [0.2, 0.25) is 0 Å². The molecule has 1 aromatic rings. The molecular formula is C16H24N2. The van der Waals surface area contributed by atoms with Crippen LogP contribution in [0.1, 0.15) is 43.4 Å². The molecule has 98 valence electrons. The Balaban J connectivity index is 1.83. The highest BCUT2D eigenvalue weighted by Gasteiger charge is 2.29. The van der Waals surface area contributed by atoms with Crippen molar-refractivity contribution in [3.05, 3.63) is 35.4 Å². The summed E-state index contributed by atoms with van der Waals surface area (Å²) in [6, 6.07) is 9.64. The van der Waals surface area contributed by atoms with Crippen LogP contribution in [0.4, 0.5) is 0 Å². The Morgan fingerprint density at radius 2 is 2.17 bits per heavy atom. The van der Waals surface area contributed by atoms with Crippen LogP contribution in [-0.4, -0.2) is 24.5 Å². The van der Waals surface area contributed by atoms with Gasteiger partial charge in [0.1, 0.15) is 0 Å². The second-order valence-corrected chi connectivity index (χ2v) is 5.74. The molecule has 18 heavy (non-hydrogen) atoms. The van der Waals surface area contributed by atoms with Crippen molar-refractivity contribution < 1.29 is 0 Å². The van der Waals surface area contributed by atoms with Gasteiger partial charge in [0.25, 0.3) is 0 Å². The molecule has 2 nitrogen and oxygen atoms in total. The van der Waals surface area contributed by atoms with Crippen molar-refractivity contribution in [2.45, 2.75) is 38.8 Å². The third-order valence-corrected chi connectivity index (χ3v) is 4.66. The highest BCUT2D eigenvalue weighted by molar-refractivity contribution is 5.31. The highest BCUT2D eigenvalue weighted by atomic mass is 15.2. The van der Waals surface area contributed by atoms with Gasteiger partial charge in [-0.2, -0.15) is 0 Å². The van der Waals surface area contributed by atoms with Gasteiger partial charge in [-0.05, 0) is 43.0 Å². The molecule has 0 bridgehead atoms. The number of rotatable bonds is 2. The number of likely N-dealkylation sites (tertiary alicyclic amines) is 1. The number of benzene rings is 1. The predicted molar refractivity (Wildman–Crippen MR) is 75.5 cm³/mol. The highest BCUT2D eigenvalue weighted by Crippen LogP contribution is 2.33. The van der Waals surface area contributed by atoms with Crippen LogP contribution in [0.3, 0.4) is 0 Å². The minimum absolute atomic E-state index is 0.646. The van der Waals surface area contributed by atoms with Gasteiger partial charge in [0.2, 0.25) is 0 Å². The minimum atomic E-state index is 0.646. The zero-order chi connectivity index (χ0) is 12.4. The number of hydrogen-bond donors (Lipinski definition) is 1. The first-order chi connectivity index (χ1) is 8.88. The Morgan fingerprint density at radius 3 is 3.00 bits per heavy atom. The summed E-state index contributed by atoms with van der Waals surface area (Å²) in [5.74, 6) is 0.924. The number of nitrogens with zero attached hydrogens (tertiary/aromatic N) is 1. The molecule has 1 N–H and O–H groups in total. The Labute approximate surface area is 110 Å². The maximum absolute atomic E-state index is 3.56. The van der Waals surface area contributed by atoms with Crippen molar-refractivity contribution in [1.29, 1.82) is 0 Å². The molecule has 0 amide bonds. The molecule has 1 saturated heterocycles. The molecule has 2 aliphatic rings. The van der Waals surface area contributed by atoms with E-state index in [2.05, 4.69) is 41.4 Å². The van der Waals surface area contributed by atoms with Gasteiger partial charge in [-0.15, -0.1) is 0 Å². The molecule has 3 rings (SSSR count). The summed E-state index contributed by atoms with van der Waals surface area (Å²) >= 11 is 0. The van der Waals surface area contributed by atoms with E-state index >= 15 is 0 Å². The summed E-state index contributed by atoms with van der Waals surface area (Å²) in [4.78, 5) is 2.72. The number of fused-ring (bicyclic) bond motifs is 1. The molecule has 2 unspecified atom stereocenters. The van der Waals surface area contributed by atoms with Gasteiger partial charge in [-0.3, -0.25) is 4.90 Å². The van der Waals surface area contributed by atoms with E-state index in [1.165, 1.54) is 37.9 Å². The first kappa shape index (κ1) is 12.2. The quantitative estimate of drug-likeness (QED) is 0.860. The van der Waals surface area contributed by atoms with E-state index in [0.29, 0.717) is 6.04 Å². The fourth-order valence-electron chi connectivity index (χ4n) is 3.50. The Hall–Kier alpha value is -0.860. The van der Waals surface area contributed by atoms with Gasteiger partial charge in [0.15, 0.2) is 0 Å². The minimum Gasteiger partial charge on any atom is -0.313 e. The normalized spacial score (nSPS) is 28.9. The third kappa shape index (κ3) is 2.32. The molecule has 2 heterocycles. The van der Waals surface area contributed by atoms with Crippen LogP contribution in [0, 0.1) is 5.92 Å². The molecule has 0 aliphatic carbocycles. The molecule has 1 fully saturated rings. The van der Waals surface area contributed by atoms with E-state index in [1.807, 2.05) is 0 Å². The topological polar surface area (TPSA) is 15.3 Å². The monoisotopic (exact) mass is 244 g/mol. The van der Waals surface area contributed by atoms with Crippen LogP contribution >= 0.6 is 0 Å². The van der Waals surface area contributed by atoms with E-state index in [1.54, 1.807) is 5.56 Å². The predicted octanol–water partition coefficient (Wildman–Crippen LogP) is 2.95. The molecule has 0 radical (unpaired) electrons. The van der Waals surface area contributed by atoms with E-state index < -0.39 is 0 Å². The lowest BCUT2D eigenvalue weighted by molar-refractivity contribution is 0.226. The maximum Gasteiger partial charge on any atom is 0.0363 e. The van der Waals surface area contributed by atoms with Gasteiger partial charge in [-0.25, -0.2) is 0 Å². The van der Waals surface area contributed by atoms with Crippen molar-refractivity contribution in [1.82, 2.24) is 10.2 Å². The number of hydrogen-bond acceptors (Lipinski definition) is 2. The first-order valence-corrected chi connectivity index (χ1v) is 7.41. The Bertz CT molecular complexity index is 402. The van der Waals surface area contributed by atoms with Crippen molar-refractivity contribution >= 4 is 0 Å². The van der Waals surface area contributed by atoms with Gasteiger partial charge in [0, 0.05) is 19.1 Å². The molecule has 2 aliphatic heterocycles. The lowest BCUT2D eigenvalue weighted by atomic mass is 9.98. The first-order valence-electron chi connectivity index (χ1n) is 7.41. The maximum atomic E-state index is 3.56. The summed E-state index contributed by atoms with van der Waals surface area (Å²) < 4.78 is 0.